The third kappa shape index (κ3) is 4.05. The molecule has 0 radical (unpaired) electrons. The molecule has 0 fully saturated rings. The monoisotopic (exact) mass is 525 g/mol. The van der Waals surface area contributed by atoms with E-state index in [1.54, 1.807) is 0 Å². The summed E-state index contributed by atoms with van der Waals surface area (Å²) in [6.07, 6.45) is 0. The average Bonchev–Trinajstić information content (AvgIpc) is 3.42. The maximum Gasteiger partial charge on any atom is 0.163 e. The van der Waals surface area contributed by atoms with Crippen molar-refractivity contribution < 1.29 is 4.42 Å². The average molecular weight is 526 g/mol. The maximum atomic E-state index is 6.48. The summed E-state index contributed by atoms with van der Waals surface area (Å²) in [4.78, 5) is 15.2. The van der Waals surface area contributed by atoms with Crippen molar-refractivity contribution >= 4 is 33.0 Å². The molecule has 192 valence electrons. The summed E-state index contributed by atoms with van der Waals surface area (Å²) in [5, 5.41) is 1.98. The van der Waals surface area contributed by atoms with E-state index in [-0.39, 0.29) is 0 Å². The van der Waals surface area contributed by atoms with Crippen LogP contribution >= 0.6 is 0 Å². The number of hydrogen-bond acceptors (Lipinski definition) is 4. The Balaban J connectivity index is 1.39. The van der Waals surface area contributed by atoms with E-state index in [9.17, 15) is 0 Å². The Labute approximate surface area is 236 Å². The molecule has 3 heterocycles. The molecule has 8 aromatic rings. The molecule has 0 aliphatic heterocycles. The lowest BCUT2D eigenvalue weighted by Crippen LogP contribution is -1.97. The van der Waals surface area contributed by atoms with Gasteiger partial charge >= 0.3 is 0 Å². The number of para-hydroxylation sites is 2. The summed E-state index contributed by atoms with van der Waals surface area (Å²) in [5.74, 6) is 0.662. The third-order valence-electron chi connectivity index (χ3n) is 7.50. The second kappa shape index (κ2) is 9.54. The van der Waals surface area contributed by atoms with Crippen LogP contribution in [-0.2, 0) is 0 Å². The Morgan fingerprint density at radius 1 is 0.439 bits per heavy atom. The summed E-state index contributed by atoms with van der Waals surface area (Å²) >= 11 is 0. The van der Waals surface area contributed by atoms with Crippen molar-refractivity contribution in [1.29, 1.82) is 0 Å². The van der Waals surface area contributed by atoms with Gasteiger partial charge in [0.15, 0.2) is 11.4 Å². The molecule has 0 spiro atoms. The Bertz CT molecular complexity index is 2180. The van der Waals surface area contributed by atoms with Crippen LogP contribution in [0.15, 0.2) is 144 Å². The molecular weight excluding hydrogens is 502 g/mol. The Kier molecular flexibility index (Phi) is 5.42. The fourth-order valence-electron chi connectivity index (χ4n) is 5.50. The summed E-state index contributed by atoms with van der Waals surface area (Å²) in [6, 6.07) is 47.4. The molecule has 0 aliphatic rings. The van der Waals surface area contributed by atoms with Crippen LogP contribution in [0.25, 0.3) is 78.0 Å². The van der Waals surface area contributed by atoms with Gasteiger partial charge in [-0.1, -0.05) is 115 Å². The molecule has 3 aromatic heterocycles. The minimum atomic E-state index is 0.662. The van der Waals surface area contributed by atoms with Gasteiger partial charge in [0.2, 0.25) is 0 Å². The molecule has 4 heteroatoms. The third-order valence-corrected chi connectivity index (χ3v) is 7.50. The molecule has 0 N–H and O–H groups in total. The lowest BCUT2D eigenvalue weighted by Gasteiger charge is -2.12. The second-order valence-electron chi connectivity index (χ2n) is 10.1. The number of furan rings is 1. The number of fused-ring (bicyclic) bond motifs is 4. The van der Waals surface area contributed by atoms with Crippen molar-refractivity contribution in [2.24, 2.45) is 0 Å². The van der Waals surface area contributed by atoms with Gasteiger partial charge in [0, 0.05) is 21.9 Å². The maximum absolute atomic E-state index is 6.48. The Morgan fingerprint density at radius 2 is 1.02 bits per heavy atom. The highest BCUT2D eigenvalue weighted by molar-refractivity contribution is 6.14. The van der Waals surface area contributed by atoms with E-state index in [4.69, 9.17) is 19.4 Å². The molecule has 0 unspecified atom stereocenters. The lowest BCUT2D eigenvalue weighted by molar-refractivity contribution is 0.669. The number of benzene rings is 5. The topological polar surface area (TPSA) is 51.8 Å². The van der Waals surface area contributed by atoms with Crippen molar-refractivity contribution in [2.75, 3.05) is 0 Å². The summed E-state index contributed by atoms with van der Waals surface area (Å²) in [6.45, 7) is 0. The first kappa shape index (κ1) is 23.3. The van der Waals surface area contributed by atoms with Gasteiger partial charge in [-0.2, -0.15) is 0 Å². The van der Waals surface area contributed by atoms with Crippen LogP contribution in [0.3, 0.4) is 0 Å². The largest absolute Gasteiger partial charge is 0.454 e. The van der Waals surface area contributed by atoms with Crippen molar-refractivity contribution in [3.63, 3.8) is 0 Å². The highest BCUT2D eigenvalue weighted by Crippen LogP contribution is 2.40. The van der Waals surface area contributed by atoms with E-state index in [2.05, 4.69) is 66.7 Å². The summed E-state index contributed by atoms with van der Waals surface area (Å²) < 4.78 is 6.48. The first-order valence-electron chi connectivity index (χ1n) is 13.6. The molecule has 0 saturated carbocycles. The van der Waals surface area contributed by atoms with Crippen LogP contribution in [0.2, 0.25) is 0 Å². The number of nitrogens with zero attached hydrogens (tertiary/aromatic N) is 3. The number of pyridine rings is 1. The second-order valence-corrected chi connectivity index (χ2v) is 10.1. The summed E-state index contributed by atoms with van der Waals surface area (Å²) in [5.41, 5.74) is 10.1. The molecule has 5 aromatic carbocycles. The van der Waals surface area contributed by atoms with Gasteiger partial charge in [-0.15, -0.1) is 0 Å². The predicted octanol–water partition coefficient (Wildman–Crippen LogP) is 9.59. The number of rotatable bonds is 4. The van der Waals surface area contributed by atoms with Crippen molar-refractivity contribution in [1.82, 2.24) is 15.0 Å². The molecule has 0 aliphatic carbocycles. The van der Waals surface area contributed by atoms with E-state index in [1.807, 2.05) is 72.8 Å². The lowest BCUT2D eigenvalue weighted by atomic mass is 10.00. The number of aromatic nitrogens is 3. The molecule has 41 heavy (non-hydrogen) atoms. The van der Waals surface area contributed by atoms with Crippen LogP contribution in [0.1, 0.15) is 0 Å². The smallest absolute Gasteiger partial charge is 0.163 e. The van der Waals surface area contributed by atoms with Crippen LogP contribution in [0.5, 0.6) is 0 Å². The van der Waals surface area contributed by atoms with E-state index >= 15 is 0 Å². The molecule has 8 rings (SSSR count). The fourth-order valence-corrected chi connectivity index (χ4v) is 5.50. The minimum absolute atomic E-state index is 0.662. The Hall–Kier alpha value is -5.61. The van der Waals surface area contributed by atoms with E-state index in [0.717, 1.165) is 66.6 Å². The van der Waals surface area contributed by atoms with E-state index < -0.39 is 0 Å². The van der Waals surface area contributed by atoms with Crippen LogP contribution in [0.4, 0.5) is 0 Å². The normalized spacial score (nSPS) is 11.4. The molecule has 0 atom stereocenters. The van der Waals surface area contributed by atoms with Gasteiger partial charge in [-0.25, -0.2) is 15.0 Å². The molecular formula is C37H23N3O. The van der Waals surface area contributed by atoms with Crippen molar-refractivity contribution in [3.8, 4) is 45.0 Å². The van der Waals surface area contributed by atoms with Crippen LogP contribution in [-0.4, -0.2) is 15.0 Å². The zero-order valence-corrected chi connectivity index (χ0v) is 22.0. The van der Waals surface area contributed by atoms with Gasteiger partial charge < -0.3 is 4.42 Å². The molecule has 0 saturated heterocycles. The van der Waals surface area contributed by atoms with Crippen molar-refractivity contribution in [2.45, 2.75) is 0 Å². The standard InChI is InChI=1S/C37H23N3O/c1-3-11-24(12-4-1)25-19-21-26(22-20-25)31-23-32(40-37(39-31)27-13-5-2-6-14-27)34-28-15-7-9-17-30(28)38-35-29-16-8-10-18-33(29)41-36(34)35/h1-23H. The fraction of sp³-hybridized carbons (Fsp3) is 0. The van der Waals surface area contributed by atoms with E-state index in [0.29, 0.717) is 5.82 Å². The van der Waals surface area contributed by atoms with Crippen LogP contribution in [0, 0.1) is 0 Å². The zero-order valence-electron chi connectivity index (χ0n) is 22.0. The molecule has 4 nitrogen and oxygen atoms in total. The highest BCUT2D eigenvalue weighted by atomic mass is 16.3. The van der Waals surface area contributed by atoms with Gasteiger partial charge in [-0.05, 0) is 35.4 Å². The predicted molar refractivity (Wildman–Crippen MR) is 166 cm³/mol. The summed E-state index contributed by atoms with van der Waals surface area (Å²) in [7, 11) is 0. The van der Waals surface area contributed by atoms with E-state index in [1.165, 1.54) is 5.56 Å². The quantitative estimate of drug-likeness (QED) is 0.230. The van der Waals surface area contributed by atoms with Gasteiger partial charge in [0.05, 0.1) is 22.5 Å². The molecule has 0 bridgehead atoms. The van der Waals surface area contributed by atoms with Crippen LogP contribution < -0.4 is 0 Å². The van der Waals surface area contributed by atoms with Gasteiger partial charge in [0.1, 0.15) is 11.1 Å². The van der Waals surface area contributed by atoms with Gasteiger partial charge in [0.25, 0.3) is 0 Å². The first-order chi connectivity index (χ1) is 20.3. The highest BCUT2D eigenvalue weighted by Gasteiger charge is 2.20. The number of hydrogen-bond donors (Lipinski definition) is 0. The van der Waals surface area contributed by atoms with Gasteiger partial charge in [-0.3, -0.25) is 0 Å². The SMILES string of the molecule is c1ccc(-c2ccc(-c3cc(-c4c5ccccc5nc5c4oc4ccccc45)nc(-c4ccccc4)n3)cc2)cc1. The van der Waals surface area contributed by atoms with Crippen molar-refractivity contribution in [3.05, 3.63) is 140 Å². The first-order valence-corrected chi connectivity index (χ1v) is 13.6. The Morgan fingerprint density at radius 3 is 1.80 bits per heavy atom. The zero-order chi connectivity index (χ0) is 27.2. The minimum Gasteiger partial charge on any atom is -0.454 e. The molecule has 0 amide bonds.